The summed E-state index contributed by atoms with van der Waals surface area (Å²) in [6.07, 6.45) is 3.84. The Hall–Kier alpha value is -1.15. The van der Waals surface area contributed by atoms with Gasteiger partial charge in [-0.25, -0.2) is 0 Å². The number of carbonyl (C=O) groups excluding carboxylic acids is 1. The van der Waals surface area contributed by atoms with Gasteiger partial charge < -0.3 is 4.74 Å². The minimum absolute atomic E-state index is 0.365. The largest absolute Gasteiger partial charge is 0.378 e. The molecule has 1 aromatic rings. The summed E-state index contributed by atoms with van der Waals surface area (Å²) < 4.78 is 5.52. The lowest BCUT2D eigenvalue weighted by molar-refractivity contribution is -0.121. The number of hydrogen-bond acceptors (Lipinski definition) is 2. The van der Waals surface area contributed by atoms with Crippen molar-refractivity contribution in [1.29, 1.82) is 0 Å². The van der Waals surface area contributed by atoms with Crippen molar-refractivity contribution in [3.8, 4) is 0 Å². The minimum atomic E-state index is 0.365. The molecule has 2 heteroatoms. The number of Topliss-reactive ketones (excluding diaryl/α,β-unsaturated/α-hetero) is 1. The first-order chi connectivity index (χ1) is 8.69. The summed E-state index contributed by atoms with van der Waals surface area (Å²) in [5.74, 6) is 0.919. The van der Waals surface area contributed by atoms with Gasteiger partial charge in [0.2, 0.25) is 0 Å². The average Bonchev–Trinajstić information content (AvgIpc) is 2.29. The van der Waals surface area contributed by atoms with Crippen molar-refractivity contribution in [2.24, 2.45) is 5.92 Å². The summed E-state index contributed by atoms with van der Waals surface area (Å²) in [6.45, 7) is 4.88. The molecule has 0 unspecified atom stereocenters. The Morgan fingerprint density at radius 1 is 1.33 bits per heavy atom. The Balaban J connectivity index is 1.75. The Morgan fingerprint density at radius 3 is 2.72 bits per heavy atom. The Bertz CT molecular complexity index is 405. The minimum Gasteiger partial charge on any atom is -0.378 e. The zero-order valence-electron chi connectivity index (χ0n) is 11.3. The topological polar surface area (TPSA) is 26.3 Å². The summed E-state index contributed by atoms with van der Waals surface area (Å²) in [5.41, 5.74) is 2.38. The van der Waals surface area contributed by atoms with Gasteiger partial charge in [-0.1, -0.05) is 24.3 Å². The summed E-state index contributed by atoms with van der Waals surface area (Å²) >= 11 is 0. The van der Waals surface area contributed by atoms with Crippen LogP contribution >= 0.6 is 0 Å². The number of ether oxygens (including phenoxy) is 1. The standard InChI is InChI=1S/C16H22O2/c1-3-18-16-9-13(10-16)8-15(17)11-14-7-5-4-6-12(14)2/h4-7,13,16H,3,8-11H2,1-2H3. The first kappa shape index (κ1) is 13.3. The van der Waals surface area contributed by atoms with Crippen LogP contribution in [0.3, 0.4) is 0 Å². The van der Waals surface area contributed by atoms with Gasteiger partial charge in [0.05, 0.1) is 6.10 Å². The normalized spacial score (nSPS) is 22.6. The van der Waals surface area contributed by atoms with Crippen LogP contribution in [0.15, 0.2) is 24.3 Å². The number of ketones is 1. The lowest BCUT2D eigenvalue weighted by atomic mass is 9.78. The molecule has 0 radical (unpaired) electrons. The van der Waals surface area contributed by atoms with E-state index >= 15 is 0 Å². The van der Waals surface area contributed by atoms with Crippen LogP contribution in [0.5, 0.6) is 0 Å². The fourth-order valence-corrected chi connectivity index (χ4v) is 2.63. The fourth-order valence-electron chi connectivity index (χ4n) is 2.63. The van der Waals surface area contributed by atoms with Crippen LogP contribution in [0.25, 0.3) is 0 Å². The van der Waals surface area contributed by atoms with Crippen LogP contribution in [0.1, 0.15) is 37.3 Å². The second-order valence-electron chi connectivity index (χ2n) is 5.26. The molecule has 2 rings (SSSR count). The quantitative estimate of drug-likeness (QED) is 0.769. The monoisotopic (exact) mass is 246 g/mol. The molecule has 0 N–H and O–H groups in total. The number of hydrogen-bond donors (Lipinski definition) is 0. The van der Waals surface area contributed by atoms with Gasteiger partial charge in [-0.2, -0.15) is 0 Å². The van der Waals surface area contributed by atoms with Gasteiger partial charge in [0.1, 0.15) is 5.78 Å². The smallest absolute Gasteiger partial charge is 0.137 e. The van der Waals surface area contributed by atoms with E-state index in [0.717, 1.165) is 25.9 Å². The highest BCUT2D eigenvalue weighted by atomic mass is 16.5. The maximum atomic E-state index is 12.0. The van der Waals surface area contributed by atoms with E-state index in [1.54, 1.807) is 0 Å². The van der Waals surface area contributed by atoms with Crippen LogP contribution in [-0.2, 0) is 16.0 Å². The first-order valence-electron chi connectivity index (χ1n) is 6.86. The fraction of sp³-hybridized carbons (Fsp3) is 0.562. The van der Waals surface area contributed by atoms with Gasteiger partial charge in [0, 0.05) is 19.4 Å². The van der Waals surface area contributed by atoms with Gasteiger partial charge in [-0.05, 0) is 43.7 Å². The van der Waals surface area contributed by atoms with E-state index in [1.165, 1.54) is 11.1 Å². The molecule has 2 nitrogen and oxygen atoms in total. The van der Waals surface area contributed by atoms with Crippen LogP contribution in [0, 0.1) is 12.8 Å². The molecule has 0 heterocycles. The molecule has 98 valence electrons. The van der Waals surface area contributed by atoms with E-state index < -0.39 is 0 Å². The van der Waals surface area contributed by atoms with E-state index in [2.05, 4.69) is 19.1 Å². The van der Waals surface area contributed by atoms with Gasteiger partial charge in [-0.15, -0.1) is 0 Å². The molecule has 1 saturated carbocycles. The second kappa shape index (κ2) is 6.14. The van der Waals surface area contributed by atoms with E-state index in [9.17, 15) is 4.79 Å². The van der Waals surface area contributed by atoms with Crippen LogP contribution in [0.4, 0.5) is 0 Å². The molecule has 1 aliphatic rings. The van der Waals surface area contributed by atoms with Crippen molar-refractivity contribution >= 4 is 5.78 Å². The van der Waals surface area contributed by atoms with Crippen molar-refractivity contribution in [1.82, 2.24) is 0 Å². The Kier molecular flexibility index (Phi) is 4.54. The molecule has 0 amide bonds. The zero-order valence-corrected chi connectivity index (χ0v) is 11.3. The molecule has 1 aliphatic carbocycles. The maximum Gasteiger partial charge on any atom is 0.137 e. The number of aryl methyl sites for hydroxylation is 1. The van der Waals surface area contributed by atoms with Crippen LogP contribution in [-0.4, -0.2) is 18.5 Å². The average molecular weight is 246 g/mol. The molecular weight excluding hydrogens is 224 g/mol. The van der Waals surface area contributed by atoms with Crippen molar-refractivity contribution < 1.29 is 9.53 Å². The van der Waals surface area contributed by atoms with E-state index in [4.69, 9.17) is 4.74 Å². The van der Waals surface area contributed by atoms with Crippen LogP contribution < -0.4 is 0 Å². The van der Waals surface area contributed by atoms with E-state index in [-0.39, 0.29) is 0 Å². The van der Waals surface area contributed by atoms with Crippen LogP contribution in [0.2, 0.25) is 0 Å². The highest BCUT2D eigenvalue weighted by Gasteiger charge is 2.30. The summed E-state index contributed by atoms with van der Waals surface area (Å²) in [5, 5.41) is 0. The molecule has 0 aromatic heterocycles. The predicted molar refractivity (Wildman–Crippen MR) is 72.6 cm³/mol. The van der Waals surface area contributed by atoms with Gasteiger partial charge in [0.25, 0.3) is 0 Å². The van der Waals surface area contributed by atoms with Crippen molar-refractivity contribution in [2.45, 2.75) is 45.6 Å². The highest BCUT2D eigenvalue weighted by molar-refractivity contribution is 5.81. The Labute approximate surface area is 109 Å². The number of benzene rings is 1. The molecule has 0 bridgehead atoms. The molecule has 0 atom stereocenters. The highest BCUT2D eigenvalue weighted by Crippen LogP contribution is 2.33. The third-order valence-electron chi connectivity index (χ3n) is 3.76. The van der Waals surface area contributed by atoms with Crippen molar-refractivity contribution in [3.63, 3.8) is 0 Å². The van der Waals surface area contributed by atoms with Crippen molar-refractivity contribution in [2.75, 3.05) is 6.61 Å². The molecule has 0 saturated heterocycles. The molecule has 0 spiro atoms. The molecular formula is C16H22O2. The summed E-state index contributed by atoms with van der Waals surface area (Å²) in [7, 11) is 0. The van der Waals surface area contributed by atoms with E-state index in [1.807, 2.05) is 19.1 Å². The van der Waals surface area contributed by atoms with Gasteiger partial charge in [0.15, 0.2) is 0 Å². The molecule has 1 aromatic carbocycles. The van der Waals surface area contributed by atoms with Gasteiger partial charge >= 0.3 is 0 Å². The Morgan fingerprint density at radius 2 is 2.06 bits per heavy atom. The number of carbonyl (C=O) groups is 1. The lowest BCUT2D eigenvalue weighted by Crippen LogP contribution is -2.33. The van der Waals surface area contributed by atoms with Crippen molar-refractivity contribution in [3.05, 3.63) is 35.4 Å². The molecule has 18 heavy (non-hydrogen) atoms. The third-order valence-corrected chi connectivity index (χ3v) is 3.76. The maximum absolute atomic E-state index is 12.0. The van der Waals surface area contributed by atoms with Gasteiger partial charge in [-0.3, -0.25) is 4.79 Å². The third kappa shape index (κ3) is 3.42. The molecule has 1 fully saturated rings. The zero-order chi connectivity index (χ0) is 13.0. The summed E-state index contributed by atoms with van der Waals surface area (Å²) in [6, 6.07) is 8.14. The van der Waals surface area contributed by atoms with E-state index in [0.29, 0.717) is 24.2 Å². The molecule has 0 aliphatic heterocycles. The SMILES string of the molecule is CCOC1CC(CC(=O)Cc2ccccc2C)C1. The second-order valence-corrected chi connectivity index (χ2v) is 5.26. The predicted octanol–water partition coefficient (Wildman–Crippen LogP) is 3.31. The first-order valence-corrected chi connectivity index (χ1v) is 6.86. The lowest BCUT2D eigenvalue weighted by Gasteiger charge is -2.34. The number of rotatable bonds is 6. The summed E-state index contributed by atoms with van der Waals surface area (Å²) in [4.78, 5) is 12.0.